The van der Waals surface area contributed by atoms with Crippen LogP contribution in [-0.2, 0) is 43.0 Å². The number of nitrogens with one attached hydrogen (secondary N) is 1. The van der Waals surface area contributed by atoms with Gasteiger partial charge >= 0.3 is 0 Å². The molecule has 1 saturated heterocycles. The van der Waals surface area contributed by atoms with Crippen molar-refractivity contribution in [2.45, 2.75) is 56.7 Å². The number of benzene rings is 2. The second kappa shape index (κ2) is 18.2. The molecule has 2 aliphatic carbocycles. The zero-order valence-electron chi connectivity index (χ0n) is 35.0. The number of hydrogen-bond acceptors (Lipinski definition) is 11. The Morgan fingerprint density at radius 2 is 1.92 bits per heavy atom. The number of carbonyl (C=O) groups excluding carboxylic acids is 2. The Morgan fingerprint density at radius 3 is 2.68 bits per heavy atom. The van der Waals surface area contributed by atoms with Crippen LogP contribution in [0.5, 0.6) is 11.6 Å². The second-order valence-electron chi connectivity index (χ2n) is 17.0. The molecule has 1 saturated carbocycles. The van der Waals surface area contributed by atoms with E-state index in [0.29, 0.717) is 51.2 Å². The van der Waals surface area contributed by atoms with Gasteiger partial charge in [0.1, 0.15) is 21.2 Å². The number of carbonyl (C=O) groups is 2. The average Bonchev–Trinajstić information content (AvgIpc) is 3.54. The van der Waals surface area contributed by atoms with Gasteiger partial charge < -0.3 is 28.6 Å². The standard InChI is InChI=1S/C44H57ClN6O8S/c1-29-26-60(54,48-42(53)35-25-49(2)46-43(35)56-4)47-41(52)31-8-12-40-37(23-31)51(27-44(28-59-40)15-5-6-30-22-33(45)9-11-36(30)44)24-32-7-10-34(32)39(55-3)14-13-38(29)58-21-18-50-16-19-57-20-17-50/h8-9,11-14,22-23,25,29,32,34,38-39H,5-7,10,15-21,24,26-28H2,1-4H3,(H,47,48,52,53,54)/t29-,32+,34-,38+,39+,44+,60?/m1/s1. The number of rotatable bonds is 8. The summed E-state index contributed by atoms with van der Waals surface area (Å²) < 4.78 is 54.0. The van der Waals surface area contributed by atoms with Gasteiger partial charge in [-0.05, 0) is 85.4 Å². The summed E-state index contributed by atoms with van der Waals surface area (Å²) in [5.41, 5.74) is 3.29. The van der Waals surface area contributed by atoms with E-state index in [2.05, 4.69) is 42.2 Å². The first-order chi connectivity index (χ1) is 29.0. The van der Waals surface area contributed by atoms with Crippen molar-refractivity contribution >= 4 is 39.0 Å². The van der Waals surface area contributed by atoms with Crippen LogP contribution in [-0.4, -0.2) is 122 Å². The number of ether oxygens (including phenoxy) is 5. The molecule has 60 heavy (non-hydrogen) atoms. The summed E-state index contributed by atoms with van der Waals surface area (Å²) in [5, 5.41) is 4.93. The summed E-state index contributed by atoms with van der Waals surface area (Å²) in [6, 6.07) is 11.5. The van der Waals surface area contributed by atoms with Gasteiger partial charge in [0.05, 0.1) is 57.2 Å². The first-order valence-corrected chi connectivity index (χ1v) is 23.1. The van der Waals surface area contributed by atoms with Crippen molar-refractivity contribution in [1.82, 2.24) is 19.4 Å². The summed E-state index contributed by atoms with van der Waals surface area (Å²) in [6.07, 6.45) is 9.80. The van der Waals surface area contributed by atoms with Crippen LogP contribution in [0.2, 0.25) is 5.02 Å². The molecule has 1 aromatic heterocycles. The first kappa shape index (κ1) is 42.7. The molecule has 2 fully saturated rings. The maximum absolute atomic E-state index is 15.2. The largest absolute Gasteiger partial charge is 0.490 e. The molecule has 4 heterocycles. The molecule has 7 atom stereocenters. The summed E-state index contributed by atoms with van der Waals surface area (Å²) in [7, 11) is 1.03. The Balaban J connectivity index is 1.19. The highest BCUT2D eigenvalue weighted by atomic mass is 35.5. The van der Waals surface area contributed by atoms with E-state index >= 15 is 4.21 Å². The van der Waals surface area contributed by atoms with E-state index in [-0.39, 0.29) is 40.2 Å². The maximum atomic E-state index is 15.2. The van der Waals surface area contributed by atoms with Crippen molar-refractivity contribution in [2.24, 2.45) is 29.2 Å². The van der Waals surface area contributed by atoms with Gasteiger partial charge in [0.25, 0.3) is 11.8 Å². The molecule has 14 nitrogen and oxygen atoms in total. The molecule has 16 heteroatoms. The SMILES string of the molecule is COc1nn(C)cc1C(=O)NS1(=O)=NC(=O)c2ccc3c(c2)N(C[C@@H]2CC[C@H]2[C@@H](OC)C=C[C@H](OCCN2CCOCC2)[C@H](C)C1)C[C@@]1(CCCc2cc(Cl)ccc21)CO3. The van der Waals surface area contributed by atoms with Crippen molar-refractivity contribution < 1.29 is 37.5 Å². The van der Waals surface area contributed by atoms with Gasteiger partial charge in [-0.25, -0.2) is 4.21 Å². The normalized spacial score (nSPS) is 29.6. The molecule has 1 unspecified atom stereocenters. The van der Waals surface area contributed by atoms with Crippen LogP contribution in [0.1, 0.15) is 64.4 Å². The molecule has 0 radical (unpaired) electrons. The van der Waals surface area contributed by atoms with Crippen LogP contribution in [0.15, 0.2) is 59.1 Å². The number of fused-ring (bicyclic) bond motifs is 4. The van der Waals surface area contributed by atoms with E-state index in [4.69, 9.17) is 35.3 Å². The zero-order valence-corrected chi connectivity index (χ0v) is 36.6. The molecule has 2 amide bonds. The minimum Gasteiger partial charge on any atom is -0.490 e. The Kier molecular flexibility index (Phi) is 12.9. The van der Waals surface area contributed by atoms with E-state index < -0.39 is 33.8 Å². The third-order valence-electron chi connectivity index (χ3n) is 13.0. The van der Waals surface area contributed by atoms with Crippen molar-refractivity contribution in [3.05, 3.63) is 82.0 Å². The summed E-state index contributed by atoms with van der Waals surface area (Å²) in [4.78, 5) is 32.9. The van der Waals surface area contributed by atoms with Gasteiger partial charge in [0.2, 0.25) is 5.88 Å². The third kappa shape index (κ3) is 9.12. The fourth-order valence-electron chi connectivity index (χ4n) is 9.67. The van der Waals surface area contributed by atoms with E-state index in [9.17, 15) is 9.59 Å². The Bertz CT molecular complexity index is 2220. The lowest BCUT2D eigenvalue weighted by atomic mass is 9.68. The highest BCUT2D eigenvalue weighted by Gasteiger charge is 2.44. The number of nitrogens with zero attached hydrogens (tertiary/aromatic N) is 5. The van der Waals surface area contributed by atoms with Crippen molar-refractivity contribution in [3.63, 3.8) is 0 Å². The lowest BCUT2D eigenvalue weighted by Crippen LogP contribution is -2.49. The van der Waals surface area contributed by atoms with Gasteiger partial charge in [0.15, 0.2) is 0 Å². The fraction of sp³-hybridized carbons (Fsp3) is 0.568. The van der Waals surface area contributed by atoms with Crippen LogP contribution in [0, 0.1) is 17.8 Å². The predicted octanol–water partition coefficient (Wildman–Crippen LogP) is 5.47. The minimum absolute atomic E-state index is 0.0602. The molecule has 1 spiro atoms. The number of halogens is 1. The highest BCUT2D eigenvalue weighted by Crippen LogP contribution is 2.47. The molecule has 5 aliphatic rings. The quantitative estimate of drug-likeness (QED) is 0.288. The van der Waals surface area contributed by atoms with Crippen molar-refractivity contribution in [1.29, 1.82) is 0 Å². The maximum Gasteiger partial charge on any atom is 0.286 e. The lowest BCUT2D eigenvalue weighted by Gasteiger charge is -2.46. The summed E-state index contributed by atoms with van der Waals surface area (Å²) in [6.45, 7) is 7.89. The van der Waals surface area contributed by atoms with Crippen molar-refractivity contribution in [3.8, 4) is 11.6 Å². The predicted molar refractivity (Wildman–Crippen MR) is 230 cm³/mol. The van der Waals surface area contributed by atoms with Gasteiger partial charge in [-0.1, -0.05) is 36.7 Å². The van der Waals surface area contributed by atoms with Gasteiger partial charge in [-0.2, -0.15) is 0 Å². The topological polar surface area (TPSA) is 146 Å². The van der Waals surface area contributed by atoms with Crippen LogP contribution in [0.3, 0.4) is 0 Å². The van der Waals surface area contributed by atoms with Gasteiger partial charge in [-0.15, -0.1) is 9.46 Å². The monoisotopic (exact) mass is 864 g/mol. The van der Waals surface area contributed by atoms with Crippen LogP contribution in [0.4, 0.5) is 5.69 Å². The third-order valence-corrected chi connectivity index (χ3v) is 15.2. The lowest BCUT2D eigenvalue weighted by molar-refractivity contribution is -0.0000880. The number of aryl methyl sites for hydroxylation is 2. The van der Waals surface area contributed by atoms with Crippen molar-refractivity contribution in [2.75, 3.05) is 84.0 Å². The summed E-state index contributed by atoms with van der Waals surface area (Å²) >= 11 is 6.51. The molecular weight excluding hydrogens is 808 g/mol. The fourth-order valence-corrected chi connectivity index (χ4v) is 11.7. The molecule has 2 aromatic carbocycles. The number of aromatic nitrogens is 2. The smallest absolute Gasteiger partial charge is 0.286 e. The molecule has 1 N–H and O–H groups in total. The van der Waals surface area contributed by atoms with E-state index in [1.807, 2.05) is 31.2 Å². The number of anilines is 1. The number of morpholine rings is 1. The molecule has 2 bridgehead atoms. The molecule has 3 aromatic rings. The Morgan fingerprint density at radius 1 is 1.10 bits per heavy atom. The first-order valence-electron chi connectivity index (χ1n) is 21.1. The van der Waals surface area contributed by atoms with Crippen LogP contribution in [0.25, 0.3) is 0 Å². The van der Waals surface area contributed by atoms with Crippen LogP contribution < -0.4 is 19.1 Å². The number of hydrogen-bond donors (Lipinski definition) is 1. The average molecular weight is 865 g/mol. The number of amides is 2. The molecule has 324 valence electrons. The van der Waals surface area contributed by atoms with Crippen LogP contribution >= 0.6 is 11.6 Å². The minimum atomic E-state index is -3.78. The molecular formula is C44H57ClN6O8S. The highest BCUT2D eigenvalue weighted by molar-refractivity contribution is 7.92. The molecule has 3 aliphatic heterocycles. The Labute approximate surface area is 358 Å². The van der Waals surface area contributed by atoms with E-state index in [1.165, 1.54) is 29.1 Å². The summed E-state index contributed by atoms with van der Waals surface area (Å²) in [5.74, 6) is -0.771. The van der Waals surface area contributed by atoms with Gasteiger partial charge in [0, 0.05) is 75.0 Å². The van der Waals surface area contributed by atoms with Gasteiger partial charge in [-0.3, -0.25) is 23.9 Å². The molecule has 8 rings (SSSR count). The zero-order chi connectivity index (χ0) is 42.0. The second-order valence-corrected chi connectivity index (χ2v) is 19.4. The number of methoxy groups -OCH3 is 2. The Hall–Kier alpha value is -3.99. The van der Waals surface area contributed by atoms with E-state index in [1.54, 1.807) is 20.2 Å². The van der Waals surface area contributed by atoms with E-state index in [0.717, 1.165) is 62.4 Å².